The lowest BCUT2D eigenvalue weighted by molar-refractivity contribution is 0.328. The van der Waals surface area contributed by atoms with E-state index in [1.54, 1.807) is 7.11 Å². The van der Waals surface area contributed by atoms with Gasteiger partial charge in [-0.25, -0.2) is 0 Å². The number of methoxy groups -OCH3 is 1. The van der Waals surface area contributed by atoms with Gasteiger partial charge in [-0.1, -0.05) is 50.3 Å². The van der Waals surface area contributed by atoms with Crippen LogP contribution >= 0.6 is 0 Å². The highest BCUT2D eigenvalue weighted by Gasteiger charge is 2.14. The first kappa shape index (κ1) is 14.4. The van der Waals surface area contributed by atoms with Gasteiger partial charge in [-0.15, -0.1) is 0 Å². The Labute approximate surface area is 117 Å². The lowest BCUT2D eigenvalue weighted by Gasteiger charge is -2.23. The molecule has 0 aromatic heterocycles. The minimum Gasteiger partial charge on any atom is -0.496 e. The maximum absolute atomic E-state index is 5.42. The number of rotatable bonds is 6. The Bertz CT molecular complexity index is 371. The van der Waals surface area contributed by atoms with Crippen LogP contribution in [0.4, 0.5) is 0 Å². The fourth-order valence-electron chi connectivity index (χ4n) is 3.11. The molecule has 0 aliphatic heterocycles. The second-order valence-electron chi connectivity index (χ2n) is 5.71. The summed E-state index contributed by atoms with van der Waals surface area (Å²) >= 11 is 0. The van der Waals surface area contributed by atoms with Crippen molar-refractivity contribution in [3.8, 4) is 5.75 Å². The van der Waals surface area contributed by atoms with E-state index >= 15 is 0 Å². The Morgan fingerprint density at radius 3 is 2.68 bits per heavy atom. The Kier molecular flexibility index (Phi) is 5.71. The van der Waals surface area contributed by atoms with Gasteiger partial charge in [-0.05, 0) is 31.9 Å². The SMILES string of the molecule is COc1ccccc1[C@@H](C)NCCC1CCCCC1. The van der Waals surface area contributed by atoms with Gasteiger partial charge in [0, 0.05) is 11.6 Å². The highest BCUT2D eigenvalue weighted by molar-refractivity contribution is 5.35. The molecule has 1 saturated carbocycles. The van der Waals surface area contributed by atoms with Crippen molar-refractivity contribution in [1.29, 1.82) is 0 Å². The Balaban J connectivity index is 1.78. The first-order valence-electron chi connectivity index (χ1n) is 7.67. The molecule has 1 aromatic carbocycles. The van der Waals surface area contributed by atoms with E-state index in [0.717, 1.165) is 18.2 Å². The lowest BCUT2D eigenvalue weighted by atomic mass is 9.87. The van der Waals surface area contributed by atoms with E-state index in [1.165, 1.54) is 44.1 Å². The molecule has 0 saturated heterocycles. The standard InChI is InChI=1S/C17H27NO/c1-14(16-10-6-7-11-17(16)19-2)18-13-12-15-8-4-3-5-9-15/h6-7,10-11,14-15,18H,3-5,8-9,12-13H2,1-2H3/t14-/m1/s1. The fourth-order valence-corrected chi connectivity index (χ4v) is 3.11. The van der Waals surface area contributed by atoms with Crippen LogP contribution in [0.25, 0.3) is 0 Å². The number of para-hydroxylation sites is 1. The molecule has 0 radical (unpaired) electrons. The van der Waals surface area contributed by atoms with Gasteiger partial charge in [-0.2, -0.15) is 0 Å². The predicted octanol–water partition coefficient (Wildman–Crippen LogP) is 4.32. The molecule has 1 N–H and O–H groups in total. The average Bonchev–Trinajstić information content (AvgIpc) is 2.48. The van der Waals surface area contributed by atoms with Crippen molar-refractivity contribution < 1.29 is 4.74 Å². The van der Waals surface area contributed by atoms with Crippen LogP contribution in [0.1, 0.15) is 57.1 Å². The molecule has 0 heterocycles. The summed E-state index contributed by atoms with van der Waals surface area (Å²) in [5.41, 5.74) is 1.26. The van der Waals surface area contributed by atoms with E-state index in [1.807, 2.05) is 12.1 Å². The minimum atomic E-state index is 0.361. The topological polar surface area (TPSA) is 21.3 Å². The van der Waals surface area contributed by atoms with Crippen LogP contribution in [-0.4, -0.2) is 13.7 Å². The predicted molar refractivity (Wildman–Crippen MR) is 80.6 cm³/mol. The summed E-state index contributed by atoms with van der Waals surface area (Å²) in [5.74, 6) is 1.94. The highest BCUT2D eigenvalue weighted by Crippen LogP contribution is 2.27. The third kappa shape index (κ3) is 4.24. The quantitative estimate of drug-likeness (QED) is 0.823. The van der Waals surface area contributed by atoms with Crippen LogP contribution in [0.3, 0.4) is 0 Å². The summed E-state index contributed by atoms with van der Waals surface area (Å²) in [5, 5.41) is 3.64. The summed E-state index contributed by atoms with van der Waals surface area (Å²) in [7, 11) is 1.74. The van der Waals surface area contributed by atoms with Crippen molar-refractivity contribution >= 4 is 0 Å². The molecular formula is C17H27NO. The second-order valence-corrected chi connectivity index (χ2v) is 5.71. The average molecular weight is 261 g/mol. The smallest absolute Gasteiger partial charge is 0.123 e. The molecule has 0 bridgehead atoms. The van der Waals surface area contributed by atoms with Crippen LogP contribution in [0.2, 0.25) is 0 Å². The van der Waals surface area contributed by atoms with Gasteiger partial charge in [0.1, 0.15) is 5.75 Å². The highest BCUT2D eigenvalue weighted by atomic mass is 16.5. The summed E-state index contributed by atoms with van der Waals surface area (Å²) < 4.78 is 5.42. The summed E-state index contributed by atoms with van der Waals surface area (Å²) in [6, 6.07) is 8.65. The van der Waals surface area contributed by atoms with Crippen LogP contribution in [0.5, 0.6) is 5.75 Å². The van der Waals surface area contributed by atoms with E-state index in [9.17, 15) is 0 Å². The van der Waals surface area contributed by atoms with Crippen molar-refractivity contribution in [2.75, 3.05) is 13.7 Å². The van der Waals surface area contributed by atoms with Gasteiger partial charge >= 0.3 is 0 Å². The van der Waals surface area contributed by atoms with E-state index < -0.39 is 0 Å². The van der Waals surface area contributed by atoms with Crippen LogP contribution in [0.15, 0.2) is 24.3 Å². The van der Waals surface area contributed by atoms with Gasteiger partial charge in [-0.3, -0.25) is 0 Å². The van der Waals surface area contributed by atoms with Crippen LogP contribution in [-0.2, 0) is 0 Å². The van der Waals surface area contributed by atoms with Crippen molar-refractivity contribution in [3.63, 3.8) is 0 Å². The maximum Gasteiger partial charge on any atom is 0.123 e. The number of ether oxygens (including phenoxy) is 1. The monoisotopic (exact) mass is 261 g/mol. The Morgan fingerprint density at radius 2 is 1.95 bits per heavy atom. The lowest BCUT2D eigenvalue weighted by Crippen LogP contribution is -2.23. The molecule has 1 fully saturated rings. The summed E-state index contributed by atoms with van der Waals surface area (Å²) in [4.78, 5) is 0. The van der Waals surface area contributed by atoms with Gasteiger partial charge in [0.25, 0.3) is 0 Å². The van der Waals surface area contributed by atoms with Gasteiger partial charge in [0.2, 0.25) is 0 Å². The molecule has 1 aliphatic carbocycles. The number of benzene rings is 1. The van der Waals surface area contributed by atoms with E-state index in [-0.39, 0.29) is 0 Å². The van der Waals surface area contributed by atoms with Crippen molar-refractivity contribution in [2.24, 2.45) is 5.92 Å². The zero-order chi connectivity index (χ0) is 13.5. The summed E-state index contributed by atoms with van der Waals surface area (Å²) in [6.45, 7) is 3.34. The zero-order valence-electron chi connectivity index (χ0n) is 12.3. The van der Waals surface area contributed by atoms with Crippen molar-refractivity contribution in [1.82, 2.24) is 5.32 Å². The molecular weight excluding hydrogens is 234 g/mol. The van der Waals surface area contributed by atoms with Crippen molar-refractivity contribution in [3.05, 3.63) is 29.8 Å². The molecule has 19 heavy (non-hydrogen) atoms. The third-order valence-electron chi connectivity index (χ3n) is 4.33. The molecule has 1 atom stereocenters. The molecule has 106 valence electrons. The largest absolute Gasteiger partial charge is 0.496 e. The molecule has 2 heteroatoms. The second kappa shape index (κ2) is 7.54. The first-order chi connectivity index (χ1) is 9.31. The zero-order valence-corrected chi connectivity index (χ0v) is 12.3. The molecule has 0 unspecified atom stereocenters. The van der Waals surface area contributed by atoms with E-state index in [2.05, 4.69) is 24.4 Å². The molecule has 0 spiro atoms. The minimum absolute atomic E-state index is 0.361. The van der Waals surface area contributed by atoms with Gasteiger partial charge in [0.05, 0.1) is 7.11 Å². The van der Waals surface area contributed by atoms with Gasteiger partial charge < -0.3 is 10.1 Å². The normalized spacial score (nSPS) is 18.2. The third-order valence-corrected chi connectivity index (χ3v) is 4.33. The Hall–Kier alpha value is -1.02. The first-order valence-corrected chi connectivity index (χ1v) is 7.67. The molecule has 2 rings (SSSR count). The van der Waals surface area contributed by atoms with Crippen LogP contribution < -0.4 is 10.1 Å². The number of hydrogen-bond acceptors (Lipinski definition) is 2. The molecule has 2 nitrogen and oxygen atoms in total. The van der Waals surface area contributed by atoms with Crippen LogP contribution in [0, 0.1) is 5.92 Å². The van der Waals surface area contributed by atoms with E-state index in [0.29, 0.717) is 6.04 Å². The molecule has 1 aromatic rings. The Morgan fingerprint density at radius 1 is 1.21 bits per heavy atom. The fraction of sp³-hybridized carbons (Fsp3) is 0.647. The molecule has 0 amide bonds. The molecule has 1 aliphatic rings. The maximum atomic E-state index is 5.42. The number of nitrogens with one attached hydrogen (secondary N) is 1. The van der Waals surface area contributed by atoms with Crippen molar-refractivity contribution in [2.45, 2.75) is 51.5 Å². The summed E-state index contributed by atoms with van der Waals surface area (Å²) in [6.07, 6.45) is 8.51. The van der Waals surface area contributed by atoms with E-state index in [4.69, 9.17) is 4.74 Å². The number of hydrogen-bond donors (Lipinski definition) is 1. The van der Waals surface area contributed by atoms with Gasteiger partial charge in [0.15, 0.2) is 0 Å².